The number of rotatable bonds is 6. The van der Waals surface area contributed by atoms with E-state index in [0.29, 0.717) is 10.3 Å². The number of nitrogens with one attached hydrogen (secondary N) is 1. The summed E-state index contributed by atoms with van der Waals surface area (Å²) in [7, 11) is 1.84. The highest BCUT2D eigenvalue weighted by Gasteiger charge is 2.10. The third-order valence-corrected chi connectivity index (χ3v) is 5.20. The number of amides is 1. The molecule has 0 aliphatic heterocycles. The second-order valence-electron chi connectivity index (χ2n) is 5.15. The third-order valence-electron chi connectivity index (χ3n) is 3.41. The third kappa shape index (κ3) is 4.01. The maximum absolute atomic E-state index is 12.0. The van der Waals surface area contributed by atoms with Gasteiger partial charge in [-0.15, -0.1) is 21.5 Å². The Morgan fingerprint density at radius 3 is 2.79 bits per heavy atom. The zero-order valence-corrected chi connectivity index (χ0v) is 15.0. The van der Waals surface area contributed by atoms with Gasteiger partial charge >= 0.3 is 0 Å². The van der Waals surface area contributed by atoms with Gasteiger partial charge in [-0.25, -0.2) is 4.98 Å². The van der Waals surface area contributed by atoms with E-state index in [0.717, 1.165) is 17.7 Å². The van der Waals surface area contributed by atoms with Gasteiger partial charge in [0.05, 0.1) is 11.4 Å². The van der Waals surface area contributed by atoms with Crippen LogP contribution in [0.5, 0.6) is 0 Å². The van der Waals surface area contributed by atoms with Crippen LogP contribution >= 0.6 is 23.1 Å². The lowest BCUT2D eigenvalue weighted by Gasteiger charge is -2.01. The summed E-state index contributed by atoms with van der Waals surface area (Å²) < 4.78 is 1.78. The van der Waals surface area contributed by atoms with Crippen molar-refractivity contribution in [3.63, 3.8) is 0 Å². The van der Waals surface area contributed by atoms with Crippen LogP contribution in [0.4, 0.5) is 5.13 Å². The molecular formula is C16H17N5OS2. The Bertz CT molecular complexity index is 825. The maximum Gasteiger partial charge on any atom is 0.236 e. The molecule has 8 heteroatoms. The number of anilines is 1. The van der Waals surface area contributed by atoms with Crippen LogP contribution in [-0.2, 0) is 18.3 Å². The molecule has 3 rings (SSSR count). The van der Waals surface area contributed by atoms with Gasteiger partial charge in [-0.2, -0.15) is 0 Å². The topological polar surface area (TPSA) is 72.7 Å². The van der Waals surface area contributed by atoms with Crippen molar-refractivity contribution in [1.29, 1.82) is 0 Å². The Labute approximate surface area is 148 Å². The minimum absolute atomic E-state index is 0.106. The number of carbonyl (C=O) groups is 1. The second-order valence-corrected chi connectivity index (χ2v) is 6.95. The first kappa shape index (κ1) is 16.7. The molecule has 0 radical (unpaired) electrons. The molecule has 6 nitrogen and oxygen atoms in total. The number of hydrogen-bond acceptors (Lipinski definition) is 6. The summed E-state index contributed by atoms with van der Waals surface area (Å²) in [6, 6.07) is 8.32. The Kier molecular flexibility index (Phi) is 5.27. The Hall–Kier alpha value is -2.19. The molecule has 2 aromatic heterocycles. The van der Waals surface area contributed by atoms with Crippen molar-refractivity contribution in [2.45, 2.75) is 18.5 Å². The number of carbonyl (C=O) groups excluding carboxylic acids is 1. The van der Waals surface area contributed by atoms with E-state index in [1.165, 1.54) is 28.7 Å². The van der Waals surface area contributed by atoms with Crippen molar-refractivity contribution in [2.24, 2.45) is 7.05 Å². The van der Waals surface area contributed by atoms with E-state index in [1.54, 1.807) is 10.9 Å². The van der Waals surface area contributed by atoms with E-state index < -0.39 is 0 Å². The summed E-state index contributed by atoms with van der Waals surface area (Å²) >= 11 is 2.77. The first-order chi connectivity index (χ1) is 11.7. The summed E-state index contributed by atoms with van der Waals surface area (Å²) in [5, 5.41) is 13.8. The minimum Gasteiger partial charge on any atom is -0.312 e. The van der Waals surface area contributed by atoms with Gasteiger partial charge in [0.1, 0.15) is 6.33 Å². The molecule has 1 amide bonds. The molecule has 0 unspecified atom stereocenters. The summed E-state index contributed by atoms with van der Waals surface area (Å²) in [6.45, 7) is 2.13. The fourth-order valence-corrected chi connectivity index (χ4v) is 3.49. The molecule has 0 spiro atoms. The SMILES string of the molecule is CCc1ccc(-c2csc(NC(=O)CSc3nncn3C)n2)cc1. The van der Waals surface area contributed by atoms with Crippen LogP contribution in [-0.4, -0.2) is 31.4 Å². The summed E-state index contributed by atoms with van der Waals surface area (Å²) in [5.74, 6) is 0.164. The smallest absolute Gasteiger partial charge is 0.236 e. The molecular weight excluding hydrogens is 342 g/mol. The molecule has 0 saturated heterocycles. The molecule has 0 fully saturated rings. The first-order valence-corrected chi connectivity index (χ1v) is 9.33. The predicted octanol–water partition coefficient (Wildman–Crippen LogP) is 3.23. The molecule has 0 atom stereocenters. The average molecular weight is 359 g/mol. The lowest BCUT2D eigenvalue weighted by molar-refractivity contribution is -0.113. The number of thiazole rings is 1. The molecule has 1 aromatic carbocycles. The number of benzene rings is 1. The number of aryl methyl sites for hydroxylation is 2. The van der Waals surface area contributed by atoms with Crippen LogP contribution in [0.1, 0.15) is 12.5 Å². The van der Waals surface area contributed by atoms with E-state index in [9.17, 15) is 4.79 Å². The molecule has 0 saturated carbocycles. The maximum atomic E-state index is 12.0. The van der Waals surface area contributed by atoms with Crippen molar-refractivity contribution < 1.29 is 4.79 Å². The fraction of sp³-hybridized carbons (Fsp3) is 0.250. The van der Waals surface area contributed by atoms with Gasteiger partial charge in [0.15, 0.2) is 10.3 Å². The molecule has 24 heavy (non-hydrogen) atoms. The molecule has 3 aromatic rings. The highest BCUT2D eigenvalue weighted by molar-refractivity contribution is 7.99. The van der Waals surface area contributed by atoms with Gasteiger partial charge in [0, 0.05) is 18.0 Å². The van der Waals surface area contributed by atoms with Crippen LogP contribution in [0.15, 0.2) is 41.1 Å². The van der Waals surface area contributed by atoms with Crippen LogP contribution in [0, 0.1) is 0 Å². The van der Waals surface area contributed by atoms with E-state index in [-0.39, 0.29) is 11.7 Å². The second kappa shape index (κ2) is 7.59. The zero-order valence-electron chi connectivity index (χ0n) is 13.4. The Morgan fingerprint density at radius 2 is 2.12 bits per heavy atom. The molecule has 124 valence electrons. The minimum atomic E-state index is -0.106. The molecule has 2 heterocycles. The Morgan fingerprint density at radius 1 is 1.33 bits per heavy atom. The van der Waals surface area contributed by atoms with E-state index >= 15 is 0 Å². The van der Waals surface area contributed by atoms with E-state index in [1.807, 2.05) is 12.4 Å². The molecule has 0 aliphatic carbocycles. The largest absolute Gasteiger partial charge is 0.312 e. The van der Waals surface area contributed by atoms with Crippen LogP contribution in [0.2, 0.25) is 0 Å². The molecule has 0 aliphatic rings. The van der Waals surface area contributed by atoms with Crippen molar-refractivity contribution in [2.75, 3.05) is 11.1 Å². The summed E-state index contributed by atoms with van der Waals surface area (Å²) in [5.41, 5.74) is 3.22. The first-order valence-electron chi connectivity index (χ1n) is 7.47. The van der Waals surface area contributed by atoms with Crippen molar-refractivity contribution >= 4 is 34.1 Å². The lowest BCUT2D eigenvalue weighted by atomic mass is 10.1. The quantitative estimate of drug-likeness (QED) is 0.684. The van der Waals surface area contributed by atoms with Gasteiger partial charge in [-0.05, 0) is 12.0 Å². The number of aromatic nitrogens is 4. The predicted molar refractivity (Wildman–Crippen MR) is 97.3 cm³/mol. The number of nitrogens with zero attached hydrogens (tertiary/aromatic N) is 4. The van der Waals surface area contributed by atoms with Crippen LogP contribution in [0.3, 0.4) is 0 Å². The Balaban J connectivity index is 1.58. The summed E-state index contributed by atoms with van der Waals surface area (Å²) in [6.07, 6.45) is 2.62. The van der Waals surface area contributed by atoms with Crippen LogP contribution in [0.25, 0.3) is 11.3 Å². The zero-order chi connectivity index (χ0) is 16.9. The monoisotopic (exact) mass is 359 g/mol. The highest BCUT2D eigenvalue weighted by atomic mass is 32.2. The van der Waals surface area contributed by atoms with Crippen molar-refractivity contribution in [1.82, 2.24) is 19.7 Å². The highest BCUT2D eigenvalue weighted by Crippen LogP contribution is 2.25. The fourth-order valence-electron chi connectivity index (χ4n) is 2.06. The van der Waals surface area contributed by atoms with Crippen molar-refractivity contribution in [3.8, 4) is 11.3 Å². The summed E-state index contributed by atoms with van der Waals surface area (Å²) in [4.78, 5) is 16.5. The van der Waals surface area contributed by atoms with E-state index in [2.05, 4.69) is 51.7 Å². The standard InChI is InChI=1S/C16H17N5OS2/c1-3-11-4-6-12(7-5-11)13-8-23-15(18-13)19-14(22)9-24-16-20-17-10-21(16)2/h4-8,10H,3,9H2,1-2H3,(H,18,19,22). The van der Waals surface area contributed by atoms with Crippen LogP contribution < -0.4 is 5.32 Å². The van der Waals surface area contributed by atoms with Crippen molar-refractivity contribution in [3.05, 3.63) is 41.5 Å². The molecule has 1 N–H and O–H groups in total. The van der Waals surface area contributed by atoms with Gasteiger partial charge in [0.2, 0.25) is 5.91 Å². The van der Waals surface area contributed by atoms with Gasteiger partial charge in [-0.3, -0.25) is 4.79 Å². The van der Waals surface area contributed by atoms with Gasteiger partial charge < -0.3 is 9.88 Å². The molecule has 0 bridgehead atoms. The van der Waals surface area contributed by atoms with E-state index in [4.69, 9.17) is 0 Å². The lowest BCUT2D eigenvalue weighted by Crippen LogP contribution is -2.14. The number of thioether (sulfide) groups is 1. The normalized spacial score (nSPS) is 10.8. The van der Waals surface area contributed by atoms with Gasteiger partial charge in [-0.1, -0.05) is 43.0 Å². The average Bonchev–Trinajstić information content (AvgIpc) is 3.22. The van der Waals surface area contributed by atoms with Gasteiger partial charge in [0.25, 0.3) is 0 Å². The number of hydrogen-bond donors (Lipinski definition) is 1.